The van der Waals surface area contributed by atoms with Crippen LogP contribution in [0.5, 0.6) is 0 Å². The van der Waals surface area contributed by atoms with Crippen molar-refractivity contribution >= 4 is 27.5 Å². The average Bonchev–Trinajstić information content (AvgIpc) is 2.25. The fraction of sp³-hybridized carbons (Fsp3) is 0.455. The first-order valence-corrected chi connectivity index (χ1v) is 6.19. The van der Waals surface area contributed by atoms with E-state index in [1.165, 1.54) is 0 Å². The lowest BCUT2D eigenvalue weighted by Gasteiger charge is -2.19. The number of rotatable bonds is 5. The Morgan fingerprint density at radius 1 is 1.44 bits per heavy atom. The first-order chi connectivity index (χ1) is 7.56. The second kappa shape index (κ2) is 6.57. The van der Waals surface area contributed by atoms with Crippen molar-refractivity contribution in [2.24, 2.45) is 0 Å². The van der Waals surface area contributed by atoms with Crippen LogP contribution in [0, 0.1) is 0 Å². The summed E-state index contributed by atoms with van der Waals surface area (Å²) in [7, 11) is 1.80. The third kappa shape index (κ3) is 3.71. The number of nitrogens with one attached hydrogen (secondary N) is 1. The van der Waals surface area contributed by atoms with E-state index in [0.29, 0.717) is 23.6 Å². The zero-order chi connectivity index (χ0) is 12.1. The van der Waals surface area contributed by atoms with E-state index in [0.717, 1.165) is 4.47 Å². The van der Waals surface area contributed by atoms with Crippen LogP contribution in [0.1, 0.15) is 18.1 Å². The van der Waals surface area contributed by atoms with Crippen LogP contribution in [-0.2, 0) is 0 Å². The van der Waals surface area contributed by atoms with Crippen molar-refractivity contribution in [3.63, 3.8) is 0 Å². The van der Waals surface area contributed by atoms with Crippen LogP contribution in [0.2, 0.25) is 5.02 Å². The molecular formula is C11H15BrClNO2. The van der Waals surface area contributed by atoms with E-state index < -0.39 is 12.2 Å². The van der Waals surface area contributed by atoms with Crippen LogP contribution in [0.4, 0.5) is 0 Å². The van der Waals surface area contributed by atoms with Gasteiger partial charge in [-0.15, -0.1) is 0 Å². The number of hydrogen-bond donors (Lipinski definition) is 3. The monoisotopic (exact) mass is 307 g/mol. The van der Waals surface area contributed by atoms with Gasteiger partial charge in [0.1, 0.15) is 6.10 Å². The molecule has 0 saturated carbocycles. The van der Waals surface area contributed by atoms with Crippen LogP contribution in [0.25, 0.3) is 0 Å². The number of aliphatic hydroxyl groups excluding tert-OH is 2. The van der Waals surface area contributed by atoms with Crippen LogP contribution in [-0.4, -0.2) is 29.9 Å². The van der Waals surface area contributed by atoms with E-state index in [9.17, 15) is 10.2 Å². The van der Waals surface area contributed by atoms with Gasteiger partial charge in [-0.2, -0.15) is 0 Å². The Kier molecular flexibility index (Phi) is 5.72. The number of benzene rings is 1. The molecule has 0 amide bonds. The van der Waals surface area contributed by atoms with E-state index in [1.807, 2.05) is 0 Å². The largest absolute Gasteiger partial charge is 0.390 e. The van der Waals surface area contributed by atoms with Crippen LogP contribution >= 0.6 is 27.5 Å². The SMILES string of the molecule is CNCCC(O)C(O)c1ccc(Br)cc1Cl. The molecular weight excluding hydrogens is 293 g/mol. The zero-order valence-electron chi connectivity index (χ0n) is 8.95. The van der Waals surface area contributed by atoms with Crippen molar-refractivity contribution in [1.29, 1.82) is 0 Å². The van der Waals surface area contributed by atoms with Crippen molar-refractivity contribution in [2.45, 2.75) is 18.6 Å². The van der Waals surface area contributed by atoms with Crippen LogP contribution in [0.3, 0.4) is 0 Å². The average molecular weight is 309 g/mol. The van der Waals surface area contributed by atoms with E-state index in [4.69, 9.17) is 11.6 Å². The van der Waals surface area contributed by atoms with Gasteiger partial charge in [0, 0.05) is 15.1 Å². The first kappa shape index (κ1) is 13.9. The molecule has 0 aliphatic carbocycles. The summed E-state index contributed by atoms with van der Waals surface area (Å²) in [5, 5.41) is 23.0. The van der Waals surface area contributed by atoms with E-state index >= 15 is 0 Å². The predicted molar refractivity (Wildman–Crippen MR) is 68.7 cm³/mol. The number of halogens is 2. The van der Waals surface area contributed by atoms with Crippen LogP contribution < -0.4 is 5.32 Å². The molecule has 3 N–H and O–H groups in total. The van der Waals surface area contributed by atoms with Crippen molar-refractivity contribution in [2.75, 3.05) is 13.6 Å². The molecule has 0 heterocycles. The molecule has 1 aromatic carbocycles. The Morgan fingerprint density at radius 3 is 2.69 bits per heavy atom. The molecule has 90 valence electrons. The van der Waals surface area contributed by atoms with Crippen molar-refractivity contribution in [3.8, 4) is 0 Å². The maximum Gasteiger partial charge on any atom is 0.106 e. The van der Waals surface area contributed by atoms with Crippen molar-refractivity contribution in [1.82, 2.24) is 5.32 Å². The molecule has 3 nitrogen and oxygen atoms in total. The van der Waals surface area contributed by atoms with E-state index in [1.54, 1.807) is 25.2 Å². The van der Waals surface area contributed by atoms with Gasteiger partial charge in [0.2, 0.25) is 0 Å². The summed E-state index contributed by atoms with van der Waals surface area (Å²) in [4.78, 5) is 0. The summed E-state index contributed by atoms with van der Waals surface area (Å²) < 4.78 is 0.846. The molecule has 2 atom stereocenters. The maximum atomic E-state index is 9.91. The molecule has 0 fully saturated rings. The Morgan fingerprint density at radius 2 is 2.12 bits per heavy atom. The van der Waals surface area contributed by atoms with Crippen molar-refractivity contribution in [3.05, 3.63) is 33.3 Å². The molecule has 0 spiro atoms. The van der Waals surface area contributed by atoms with Crippen molar-refractivity contribution < 1.29 is 10.2 Å². The van der Waals surface area contributed by atoms with E-state index in [-0.39, 0.29) is 0 Å². The Balaban J connectivity index is 2.75. The highest BCUT2D eigenvalue weighted by atomic mass is 79.9. The van der Waals surface area contributed by atoms with Gasteiger partial charge in [-0.25, -0.2) is 0 Å². The molecule has 0 aliphatic heterocycles. The van der Waals surface area contributed by atoms with Gasteiger partial charge in [0.15, 0.2) is 0 Å². The van der Waals surface area contributed by atoms with Gasteiger partial charge in [0.05, 0.1) is 6.10 Å². The second-order valence-corrected chi connectivity index (χ2v) is 4.89. The Bertz CT molecular complexity index is 349. The van der Waals surface area contributed by atoms with Gasteiger partial charge in [0.25, 0.3) is 0 Å². The molecule has 2 unspecified atom stereocenters. The van der Waals surface area contributed by atoms with E-state index in [2.05, 4.69) is 21.2 Å². The molecule has 5 heteroatoms. The summed E-state index contributed by atoms with van der Waals surface area (Å²) in [5.41, 5.74) is 0.550. The lowest BCUT2D eigenvalue weighted by atomic mass is 10.0. The topological polar surface area (TPSA) is 52.5 Å². The molecule has 0 bridgehead atoms. The lowest BCUT2D eigenvalue weighted by molar-refractivity contribution is 0.0141. The lowest BCUT2D eigenvalue weighted by Crippen LogP contribution is -2.23. The van der Waals surface area contributed by atoms with Gasteiger partial charge in [-0.05, 0) is 32.1 Å². The first-order valence-electron chi connectivity index (χ1n) is 5.02. The predicted octanol–water partition coefficient (Wildman–Crippen LogP) is 2.11. The number of hydrogen-bond acceptors (Lipinski definition) is 3. The summed E-state index contributed by atoms with van der Waals surface area (Å²) in [6.07, 6.45) is -1.29. The molecule has 1 rings (SSSR count). The normalized spacial score (nSPS) is 14.8. The summed E-state index contributed by atoms with van der Waals surface area (Å²) in [6.45, 7) is 0.645. The standard InChI is InChI=1S/C11H15BrClNO2/c1-14-5-4-10(15)11(16)8-3-2-7(12)6-9(8)13/h2-3,6,10-11,14-16H,4-5H2,1H3. The minimum atomic E-state index is -0.950. The molecule has 0 aliphatic rings. The third-order valence-corrected chi connectivity index (χ3v) is 3.16. The minimum Gasteiger partial charge on any atom is -0.390 e. The van der Waals surface area contributed by atoms with Gasteiger partial charge < -0.3 is 15.5 Å². The zero-order valence-corrected chi connectivity index (χ0v) is 11.3. The van der Waals surface area contributed by atoms with Gasteiger partial charge in [-0.1, -0.05) is 33.6 Å². The van der Waals surface area contributed by atoms with Gasteiger partial charge >= 0.3 is 0 Å². The fourth-order valence-electron chi connectivity index (χ4n) is 1.40. The highest BCUT2D eigenvalue weighted by Gasteiger charge is 2.20. The minimum absolute atomic E-state index is 0.449. The van der Waals surface area contributed by atoms with Crippen LogP contribution in [0.15, 0.2) is 22.7 Å². The molecule has 0 saturated heterocycles. The summed E-state index contributed by atoms with van der Waals surface area (Å²) in [6, 6.07) is 5.19. The second-order valence-electron chi connectivity index (χ2n) is 3.57. The molecule has 16 heavy (non-hydrogen) atoms. The fourth-order valence-corrected chi connectivity index (χ4v) is 2.18. The molecule has 1 aromatic rings. The Labute approximate surface area is 109 Å². The Hall–Kier alpha value is -0.130. The summed E-state index contributed by atoms with van der Waals surface area (Å²) in [5.74, 6) is 0. The quantitative estimate of drug-likeness (QED) is 0.781. The highest BCUT2D eigenvalue weighted by Crippen LogP contribution is 2.28. The number of aliphatic hydroxyl groups is 2. The molecule has 0 aromatic heterocycles. The maximum absolute atomic E-state index is 9.91. The molecule has 0 radical (unpaired) electrons. The third-order valence-electron chi connectivity index (χ3n) is 2.34. The highest BCUT2D eigenvalue weighted by molar-refractivity contribution is 9.10. The van der Waals surface area contributed by atoms with Gasteiger partial charge in [-0.3, -0.25) is 0 Å². The summed E-state index contributed by atoms with van der Waals surface area (Å²) >= 11 is 9.27. The smallest absolute Gasteiger partial charge is 0.106 e.